The van der Waals surface area contributed by atoms with Gasteiger partial charge in [-0.3, -0.25) is 4.79 Å². The van der Waals surface area contributed by atoms with Gasteiger partial charge in [0.1, 0.15) is 5.75 Å². The van der Waals surface area contributed by atoms with E-state index < -0.39 is 6.10 Å². The molecule has 0 aliphatic heterocycles. The Bertz CT molecular complexity index is 491. The Balaban J connectivity index is 1.97. The van der Waals surface area contributed by atoms with E-state index in [1.807, 2.05) is 39.0 Å². The SMILES string of the molecule is CC(C)(C)NC(=O)COc1ccc2c(c1)[C@H](O)CCC2. The highest BCUT2D eigenvalue weighted by molar-refractivity contribution is 5.78. The van der Waals surface area contributed by atoms with Crippen molar-refractivity contribution in [2.24, 2.45) is 0 Å². The first kappa shape index (κ1) is 14.9. The molecule has 1 aliphatic rings. The van der Waals surface area contributed by atoms with Gasteiger partial charge in [0.2, 0.25) is 0 Å². The predicted octanol–water partition coefficient (Wildman–Crippen LogP) is 2.35. The van der Waals surface area contributed by atoms with Crippen LogP contribution in [0.1, 0.15) is 50.8 Å². The van der Waals surface area contributed by atoms with E-state index in [1.54, 1.807) is 0 Å². The fraction of sp³-hybridized carbons (Fsp3) is 0.562. The average Bonchev–Trinajstić information content (AvgIpc) is 2.35. The molecular weight excluding hydrogens is 254 g/mol. The molecule has 1 aromatic rings. The molecule has 0 unspecified atom stereocenters. The fourth-order valence-electron chi connectivity index (χ4n) is 2.45. The second-order valence-corrected chi connectivity index (χ2v) is 6.36. The third kappa shape index (κ3) is 3.97. The zero-order chi connectivity index (χ0) is 14.8. The molecule has 0 saturated carbocycles. The molecule has 0 spiro atoms. The molecule has 110 valence electrons. The number of fused-ring (bicyclic) bond motifs is 1. The van der Waals surface area contributed by atoms with E-state index in [4.69, 9.17) is 4.74 Å². The lowest BCUT2D eigenvalue weighted by Crippen LogP contribution is -2.43. The van der Waals surface area contributed by atoms with E-state index in [2.05, 4.69) is 5.32 Å². The number of hydrogen-bond donors (Lipinski definition) is 2. The summed E-state index contributed by atoms with van der Waals surface area (Å²) in [4.78, 5) is 11.7. The van der Waals surface area contributed by atoms with Crippen LogP contribution in [0.4, 0.5) is 0 Å². The van der Waals surface area contributed by atoms with Crippen molar-refractivity contribution in [2.45, 2.75) is 51.7 Å². The monoisotopic (exact) mass is 277 g/mol. The highest BCUT2D eigenvalue weighted by atomic mass is 16.5. The van der Waals surface area contributed by atoms with Crippen LogP contribution in [0, 0.1) is 0 Å². The number of aliphatic hydroxyl groups is 1. The van der Waals surface area contributed by atoms with Crippen molar-refractivity contribution in [3.63, 3.8) is 0 Å². The van der Waals surface area contributed by atoms with Crippen LogP contribution in [0.25, 0.3) is 0 Å². The highest BCUT2D eigenvalue weighted by Gasteiger charge is 2.19. The number of rotatable bonds is 3. The van der Waals surface area contributed by atoms with Crippen molar-refractivity contribution in [1.82, 2.24) is 5.32 Å². The fourth-order valence-corrected chi connectivity index (χ4v) is 2.45. The summed E-state index contributed by atoms with van der Waals surface area (Å²) in [5, 5.41) is 12.8. The van der Waals surface area contributed by atoms with Crippen LogP contribution in [0.15, 0.2) is 18.2 Å². The van der Waals surface area contributed by atoms with Crippen LogP contribution in [-0.4, -0.2) is 23.2 Å². The number of carbonyl (C=O) groups is 1. The number of nitrogens with one attached hydrogen (secondary N) is 1. The number of ether oxygens (including phenoxy) is 1. The molecule has 1 aliphatic carbocycles. The maximum Gasteiger partial charge on any atom is 0.258 e. The summed E-state index contributed by atoms with van der Waals surface area (Å²) in [6.45, 7) is 5.78. The maximum atomic E-state index is 11.7. The lowest BCUT2D eigenvalue weighted by atomic mass is 9.89. The molecule has 0 bridgehead atoms. The van der Waals surface area contributed by atoms with E-state index in [1.165, 1.54) is 5.56 Å². The summed E-state index contributed by atoms with van der Waals surface area (Å²) in [5.41, 5.74) is 1.85. The van der Waals surface area contributed by atoms with Crippen LogP contribution in [0.2, 0.25) is 0 Å². The molecular formula is C16H23NO3. The second kappa shape index (κ2) is 5.83. The summed E-state index contributed by atoms with van der Waals surface area (Å²) < 4.78 is 5.50. The van der Waals surface area contributed by atoms with Gasteiger partial charge in [-0.1, -0.05) is 6.07 Å². The minimum atomic E-state index is -0.411. The van der Waals surface area contributed by atoms with Crippen LogP contribution >= 0.6 is 0 Å². The van der Waals surface area contributed by atoms with Crippen molar-refractivity contribution in [1.29, 1.82) is 0 Å². The van der Waals surface area contributed by atoms with Gasteiger partial charge in [-0.2, -0.15) is 0 Å². The van der Waals surface area contributed by atoms with E-state index in [0.717, 1.165) is 24.8 Å². The summed E-state index contributed by atoms with van der Waals surface area (Å²) in [5.74, 6) is 0.490. The van der Waals surface area contributed by atoms with Crippen molar-refractivity contribution in [3.8, 4) is 5.75 Å². The number of aryl methyl sites for hydroxylation is 1. The minimum absolute atomic E-state index is 0.00779. The zero-order valence-corrected chi connectivity index (χ0v) is 12.4. The average molecular weight is 277 g/mol. The number of hydrogen-bond acceptors (Lipinski definition) is 3. The smallest absolute Gasteiger partial charge is 0.258 e. The largest absolute Gasteiger partial charge is 0.484 e. The molecule has 0 aromatic heterocycles. The second-order valence-electron chi connectivity index (χ2n) is 6.36. The first-order valence-corrected chi connectivity index (χ1v) is 7.10. The molecule has 0 saturated heterocycles. The van der Waals surface area contributed by atoms with Crippen molar-refractivity contribution >= 4 is 5.91 Å². The van der Waals surface area contributed by atoms with Gasteiger partial charge in [-0.05, 0) is 63.3 Å². The lowest BCUT2D eigenvalue weighted by Gasteiger charge is -2.22. The van der Waals surface area contributed by atoms with Crippen LogP contribution in [-0.2, 0) is 11.2 Å². The summed E-state index contributed by atoms with van der Waals surface area (Å²) in [7, 11) is 0. The van der Waals surface area contributed by atoms with Crippen LogP contribution < -0.4 is 10.1 Å². The number of benzene rings is 1. The quantitative estimate of drug-likeness (QED) is 0.891. The Morgan fingerprint density at radius 2 is 2.20 bits per heavy atom. The van der Waals surface area contributed by atoms with E-state index >= 15 is 0 Å². The third-order valence-electron chi connectivity index (χ3n) is 3.28. The number of amides is 1. The minimum Gasteiger partial charge on any atom is -0.484 e. The van der Waals surface area contributed by atoms with Gasteiger partial charge >= 0.3 is 0 Å². The molecule has 2 rings (SSSR count). The van der Waals surface area contributed by atoms with E-state index in [-0.39, 0.29) is 18.1 Å². The van der Waals surface area contributed by atoms with Crippen LogP contribution in [0.5, 0.6) is 5.75 Å². The normalized spacial score (nSPS) is 18.3. The van der Waals surface area contributed by atoms with Gasteiger partial charge in [0.25, 0.3) is 5.91 Å². The third-order valence-corrected chi connectivity index (χ3v) is 3.28. The maximum absolute atomic E-state index is 11.7. The Morgan fingerprint density at radius 1 is 1.45 bits per heavy atom. The number of carbonyl (C=O) groups excluding carboxylic acids is 1. The van der Waals surface area contributed by atoms with E-state index in [9.17, 15) is 9.90 Å². The van der Waals surface area contributed by atoms with E-state index in [0.29, 0.717) is 5.75 Å². The van der Waals surface area contributed by atoms with Gasteiger partial charge in [-0.25, -0.2) is 0 Å². The van der Waals surface area contributed by atoms with Crippen molar-refractivity contribution in [2.75, 3.05) is 6.61 Å². The van der Waals surface area contributed by atoms with Gasteiger partial charge in [0.05, 0.1) is 6.10 Å². The summed E-state index contributed by atoms with van der Waals surface area (Å²) in [6, 6.07) is 5.69. The highest BCUT2D eigenvalue weighted by Crippen LogP contribution is 2.32. The molecule has 0 heterocycles. The molecule has 1 amide bonds. The zero-order valence-electron chi connectivity index (χ0n) is 12.4. The van der Waals surface area contributed by atoms with Gasteiger partial charge in [0.15, 0.2) is 6.61 Å². The summed E-state index contributed by atoms with van der Waals surface area (Å²) in [6.07, 6.45) is 2.39. The molecule has 0 radical (unpaired) electrons. The summed E-state index contributed by atoms with van der Waals surface area (Å²) >= 11 is 0. The van der Waals surface area contributed by atoms with Gasteiger partial charge in [-0.15, -0.1) is 0 Å². The topological polar surface area (TPSA) is 58.6 Å². The molecule has 1 aromatic carbocycles. The first-order valence-electron chi connectivity index (χ1n) is 7.10. The first-order chi connectivity index (χ1) is 9.35. The van der Waals surface area contributed by atoms with Gasteiger partial charge in [0, 0.05) is 5.54 Å². The Hall–Kier alpha value is -1.55. The Morgan fingerprint density at radius 3 is 2.90 bits per heavy atom. The van der Waals surface area contributed by atoms with Crippen molar-refractivity contribution in [3.05, 3.63) is 29.3 Å². The lowest BCUT2D eigenvalue weighted by molar-refractivity contribution is -0.124. The molecule has 4 heteroatoms. The standard InChI is InChI=1S/C16H23NO3/c1-16(2,3)17-15(19)10-20-12-8-7-11-5-4-6-14(18)13(11)9-12/h7-9,14,18H,4-6,10H2,1-3H3,(H,17,19)/t14-/m1/s1. The molecule has 2 N–H and O–H groups in total. The Kier molecular flexibility index (Phi) is 4.33. The van der Waals surface area contributed by atoms with Crippen LogP contribution in [0.3, 0.4) is 0 Å². The Labute approximate surface area is 120 Å². The molecule has 4 nitrogen and oxygen atoms in total. The number of aliphatic hydroxyl groups excluding tert-OH is 1. The molecule has 1 atom stereocenters. The molecule has 0 fully saturated rings. The molecule has 20 heavy (non-hydrogen) atoms. The predicted molar refractivity (Wildman–Crippen MR) is 77.7 cm³/mol. The van der Waals surface area contributed by atoms with Gasteiger partial charge < -0.3 is 15.2 Å². The van der Waals surface area contributed by atoms with Crippen molar-refractivity contribution < 1.29 is 14.6 Å².